The van der Waals surface area contributed by atoms with E-state index >= 15 is 0 Å². The summed E-state index contributed by atoms with van der Waals surface area (Å²) < 4.78 is 0. The first kappa shape index (κ1) is 24.9. The minimum Gasteiger partial charge on any atom is -0.324 e. The molecule has 1 aliphatic heterocycles. The maximum absolute atomic E-state index is 12.2. The number of aryl methyl sites for hydroxylation is 1. The molecule has 0 saturated carbocycles. The molecule has 3 rings (SSSR count). The Labute approximate surface area is 169 Å². The van der Waals surface area contributed by atoms with E-state index in [0.717, 1.165) is 17.7 Å². The molecule has 1 heterocycles. The van der Waals surface area contributed by atoms with Gasteiger partial charge in [-0.1, -0.05) is 69.7 Å². The van der Waals surface area contributed by atoms with Crippen molar-refractivity contribution in [2.24, 2.45) is 0 Å². The van der Waals surface area contributed by atoms with Crippen LogP contribution in [0.5, 0.6) is 0 Å². The normalized spacial score (nSPS) is 11.0. The van der Waals surface area contributed by atoms with Gasteiger partial charge in [-0.15, -0.1) is 0 Å². The predicted molar refractivity (Wildman–Crippen MR) is 114 cm³/mol. The van der Waals surface area contributed by atoms with E-state index in [4.69, 9.17) is 5.26 Å². The van der Waals surface area contributed by atoms with E-state index in [1.54, 1.807) is 30.5 Å². The average Bonchev–Trinajstić information content (AvgIpc) is 2.91. The lowest BCUT2D eigenvalue weighted by atomic mass is 10.1. The van der Waals surface area contributed by atoms with Gasteiger partial charge in [-0.05, 0) is 31.5 Å². The molecule has 0 saturated heterocycles. The third kappa shape index (κ3) is 6.88. The SMILES string of the molecule is C.CCC.CCNC#N.Cc1ccc(CN2C(=O)c3ccccc3C2=O)cc1. The third-order valence-corrected chi connectivity index (χ3v) is 3.60. The Morgan fingerprint density at radius 2 is 1.39 bits per heavy atom. The van der Waals surface area contributed by atoms with Crippen molar-refractivity contribution in [3.8, 4) is 6.19 Å². The molecule has 0 radical (unpaired) electrons. The van der Waals surface area contributed by atoms with Crippen molar-refractivity contribution in [3.05, 3.63) is 70.8 Å². The molecule has 28 heavy (non-hydrogen) atoms. The molecule has 0 aromatic heterocycles. The van der Waals surface area contributed by atoms with Crippen LogP contribution >= 0.6 is 0 Å². The maximum atomic E-state index is 12.2. The number of nitrogens with one attached hydrogen (secondary N) is 1. The zero-order chi connectivity index (χ0) is 20.2. The maximum Gasteiger partial charge on any atom is 0.261 e. The average molecular weight is 382 g/mol. The molecular formula is C23H31N3O2. The molecule has 0 bridgehead atoms. The minimum atomic E-state index is -0.207. The first-order valence-corrected chi connectivity index (χ1v) is 9.12. The van der Waals surface area contributed by atoms with Gasteiger partial charge in [0, 0.05) is 6.54 Å². The second-order valence-electron chi connectivity index (χ2n) is 6.08. The van der Waals surface area contributed by atoms with Gasteiger partial charge in [-0.2, -0.15) is 5.26 Å². The Bertz CT molecular complexity index is 757. The van der Waals surface area contributed by atoms with Crippen LogP contribution in [0, 0.1) is 18.4 Å². The summed E-state index contributed by atoms with van der Waals surface area (Å²) in [5, 5.41) is 10.1. The van der Waals surface area contributed by atoms with E-state index in [2.05, 4.69) is 19.2 Å². The lowest BCUT2D eigenvalue weighted by Crippen LogP contribution is -2.29. The molecule has 0 unspecified atom stereocenters. The Kier molecular flexibility index (Phi) is 11.6. The lowest BCUT2D eigenvalue weighted by molar-refractivity contribution is 0.0642. The number of amides is 2. The zero-order valence-corrected chi connectivity index (χ0v) is 16.5. The second-order valence-corrected chi connectivity index (χ2v) is 6.08. The van der Waals surface area contributed by atoms with Gasteiger partial charge >= 0.3 is 0 Å². The summed E-state index contributed by atoms with van der Waals surface area (Å²) >= 11 is 0. The molecule has 5 heteroatoms. The van der Waals surface area contributed by atoms with Gasteiger partial charge in [-0.25, -0.2) is 0 Å². The minimum absolute atomic E-state index is 0. The third-order valence-electron chi connectivity index (χ3n) is 3.60. The number of hydrogen-bond donors (Lipinski definition) is 1. The van der Waals surface area contributed by atoms with Crippen molar-refractivity contribution in [2.45, 2.75) is 48.1 Å². The van der Waals surface area contributed by atoms with Gasteiger partial charge in [0.1, 0.15) is 0 Å². The molecule has 5 nitrogen and oxygen atoms in total. The second kappa shape index (κ2) is 13.1. The number of carbonyl (C=O) groups excluding carboxylic acids is 2. The standard InChI is InChI=1S/C16H13NO2.C3H6N2.C3H8.CH4/c1-11-6-8-12(9-7-11)10-17-15(18)13-4-2-3-5-14(13)16(17)19;1-2-5-3-4;1-3-2;/h2-9H,10H2,1H3;5H,2H2,1H3;3H2,1-2H3;1H4. The number of hydrogen-bond acceptors (Lipinski definition) is 4. The van der Waals surface area contributed by atoms with E-state index in [1.807, 2.05) is 38.1 Å². The summed E-state index contributed by atoms with van der Waals surface area (Å²) in [6.07, 6.45) is 3.02. The van der Waals surface area contributed by atoms with Crippen LogP contribution in [0.15, 0.2) is 48.5 Å². The van der Waals surface area contributed by atoms with Gasteiger partial charge in [0.2, 0.25) is 0 Å². The number of fused-ring (bicyclic) bond motifs is 1. The van der Waals surface area contributed by atoms with E-state index in [-0.39, 0.29) is 19.2 Å². The van der Waals surface area contributed by atoms with Crippen molar-refractivity contribution < 1.29 is 9.59 Å². The van der Waals surface area contributed by atoms with Crippen molar-refractivity contribution in [1.82, 2.24) is 10.2 Å². The van der Waals surface area contributed by atoms with Crippen molar-refractivity contribution in [1.29, 1.82) is 5.26 Å². The van der Waals surface area contributed by atoms with Crippen molar-refractivity contribution >= 4 is 11.8 Å². The fourth-order valence-electron chi connectivity index (χ4n) is 2.34. The van der Waals surface area contributed by atoms with Gasteiger partial charge < -0.3 is 5.32 Å². The summed E-state index contributed by atoms with van der Waals surface area (Å²) in [5.41, 5.74) is 3.12. The number of rotatable bonds is 3. The molecule has 0 spiro atoms. The molecule has 1 aliphatic rings. The molecule has 2 amide bonds. The summed E-state index contributed by atoms with van der Waals surface area (Å²) in [6.45, 7) is 9.19. The van der Waals surface area contributed by atoms with Crippen LogP contribution in [-0.4, -0.2) is 23.3 Å². The highest BCUT2D eigenvalue weighted by atomic mass is 16.2. The fourth-order valence-corrected chi connectivity index (χ4v) is 2.34. The Balaban J connectivity index is 0.000000699. The smallest absolute Gasteiger partial charge is 0.261 e. The number of nitrogens with zero attached hydrogens (tertiary/aromatic N) is 2. The summed E-state index contributed by atoms with van der Waals surface area (Å²) in [4.78, 5) is 25.7. The highest BCUT2D eigenvalue weighted by Crippen LogP contribution is 2.24. The molecular weight excluding hydrogens is 350 g/mol. The van der Waals surface area contributed by atoms with E-state index in [1.165, 1.54) is 11.3 Å². The van der Waals surface area contributed by atoms with Gasteiger partial charge in [0.15, 0.2) is 6.19 Å². The first-order valence-electron chi connectivity index (χ1n) is 9.12. The molecule has 2 aromatic rings. The van der Waals surface area contributed by atoms with Crippen LogP contribution < -0.4 is 5.32 Å². The number of imide groups is 1. The monoisotopic (exact) mass is 381 g/mol. The largest absolute Gasteiger partial charge is 0.324 e. The summed E-state index contributed by atoms with van der Waals surface area (Å²) in [5.74, 6) is -0.414. The zero-order valence-electron chi connectivity index (χ0n) is 16.5. The number of carbonyl (C=O) groups is 2. The highest BCUT2D eigenvalue weighted by molar-refractivity contribution is 6.21. The topological polar surface area (TPSA) is 73.2 Å². The van der Waals surface area contributed by atoms with Crippen LogP contribution in [0.2, 0.25) is 0 Å². The van der Waals surface area contributed by atoms with Crippen LogP contribution in [0.3, 0.4) is 0 Å². The van der Waals surface area contributed by atoms with Crippen LogP contribution in [0.25, 0.3) is 0 Å². The molecule has 0 atom stereocenters. The van der Waals surface area contributed by atoms with Gasteiger partial charge in [0.05, 0.1) is 17.7 Å². The van der Waals surface area contributed by atoms with Gasteiger partial charge in [-0.3, -0.25) is 14.5 Å². The molecule has 2 aromatic carbocycles. The van der Waals surface area contributed by atoms with Gasteiger partial charge in [0.25, 0.3) is 11.8 Å². The Hall–Kier alpha value is -3.13. The fraction of sp³-hybridized carbons (Fsp3) is 0.348. The van der Waals surface area contributed by atoms with Crippen LogP contribution in [-0.2, 0) is 6.54 Å². The lowest BCUT2D eigenvalue weighted by Gasteiger charge is -2.13. The summed E-state index contributed by atoms with van der Waals surface area (Å²) in [6, 6.07) is 14.8. The molecule has 0 fully saturated rings. The predicted octanol–water partition coefficient (Wildman–Crippen LogP) is 4.92. The first-order chi connectivity index (χ1) is 13.0. The van der Waals surface area contributed by atoms with Crippen LogP contribution in [0.4, 0.5) is 0 Å². The van der Waals surface area contributed by atoms with Crippen LogP contribution in [0.1, 0.15) is 66.5 Å². The van der Waals surface area contributed by atoms with Crippen molar-refractivity contribution in [3.63, 3.8) is 0 Å². The van der Waals surface area contributed by atoms with E-state index in [9.17, 15) is 9.59 Å². The number of benzene rings is 2. The molecule has 1 N–H and O–H groups in total. The number of nitriles is 1. The highest BCUT2D eigenvalue weighted by Gasteiger charge is 2.34. The Morgan fingerprint density at radius 1 is 0.929 bits per heavy atom. The van der Waals surface area contributed by atoms with E-state index in [0.29, 0.717) is 17.7 Å². The molecule has 0 aliphatic carbocycles. The molecule has 150 valence electrons. The summed E-state index contributed by atoms with van der Waals surface area (Å²) in [7, 11) is 0. The van der Waals surface area contributed by atoms with E-state index < -0.39 is 0 Å². The van der Waals surface area contributed by atoms with Crippen molar-refractivity contribution in [2.75, 3.05) is 6.54 Å². The Morgan fingerprint density at radius 3 is 1.75 bits per heavy atom. The quantitative estimate of drug-likeness (QED) is 0.465.